The van der Waals surface area contributed by atoms with Crippen LogP contribution in [-0.4, -0.2) is 27.0 Å². The molecular weight excluding hydrogens is 291 g/mol. The summed E-state index contributed by atoms with van der Waals surface area (Å²) in [5, 5.41) is 3.02. The Kier molecular flexibility index (Phi) is 5.59. The molecule has 0 fully saturated rings. The van der Waals surface area contributed by atoms with Crippen LogP contribution in [0.1, 0.15) is 30.5 Å². The molecule has 3 nitrogen and oxygen atoms in total. The van der Waals surface area contributed by atoms with Gasteiger partial charge in [-0.2, -0.15) is 13.2 Å². The highest BCUT2D eigenvalue weighted by molar-refractivity contribution is 7.90. The molecule has 0 amide bonds. The minimum Gasteiger partial charge on any atom is -0.310 e. The average molecular weight is 309 g/mol. The predicted molar refractivity (Wildman–Crippen MR) is 72.2 cm³/mol. The van der Waals surface area contributed by atoms with Crippen molar-refractivity contribution < 1.29 is 21.6 Å². The number of benzene rings is 1. The minimum absolute atomic E-state index is 0.0648. The summed E-state index contributed by atoms with van der Waals surface area (Å²) in [6, 6.07) is 4.85. The Morgan fingerprint density at radius 3 is 2.50 bits per heavy atom. The first kappa shape index (κ1) is 17.0. The van der Waals surface area contributed by atoms with Gasteiger partial charge in [0, 0.05) is 12.3 Å². The lowest BCUT2D eigenvalue weighted by Crippen LogP contribution is -2.22. The molecule has 0 aliphatic rings. The number of hydrogen-bond donors (Lipinski definition) is 1. The van der Waals surface area contributed by atoms with Gasteiger partial charge in [-0.05, 0) is 37.6 Å². The predicted octanol–water partition coefficient (Wildman–Crippen LogP) is 2.79. The average Bonchev–Trinajstić information content (AvgIpc) is 2.32. The van der Waals surface area contributed by atoms with E-state index in [-0.39, 0.29) is 11.8 Å². The standard InChI is InChI=1S/C13H18F3NO2S/c1-10(17-7-4-8-20(2,18)19)11-5-3-6-12(9-11)13(14,15)16/h3,5-6,9-10,17H,4,7-8H2,1-2H3. The second-order valence-electron chi connectivity index (χ2n) is 4.78. The molecule has 0 aliphatic carbocycles. The molecule has 1 aromatic rings. The van der Waals surface area contributed by atoms with Crippen molar-refractivity contribution in [3.05, 3.63) is 35.4 Å². The van der Waals surface area contributed by atoms with E-state index in [1.54, 1.807) is 13.0 Å². The van der Waals surface area contributed by atoms with Crippen molar-refractivity contribution in [2.45, 2.75) is 25.6 Å². The molecule has 7 heteroatoms. The quantitative estimate of drug-likeness (QED) is 0.822. The first-order valence-electron chi connectivity index (χ1n) is 6.18. The zero-order valence-corrected chi connectivity index (χ0v) is 12.2. The van der Waals surface area contributed by atoms with Crippen LogP contribution < -0.4 is 5.32 Å². The maximum absolute atomic E-state index is 12.6. The van der Waals surface area contributed by atoms with Gasteiger partial charge in [-0.1, -0.05) is 12.1 Å². The van der Waals surface area contributed by atoms with E-state index in [4.69, 9.17) is 0 Å². The van der Waals surface area contributed by atoms with Crippen LogP contribution in [0.2, 0.25) is 0 Å². The van der Waals surface area contributed by atoms with Crippen LogP contribution >= 0.6 is 0 Å². The molecule has 0 aliphatic heterocycles. The van der Waals surface area contributed by atoms with Gasteiger partial charge in [0.05, 0.1) is 11.3 Å². The van der Waals surface area contributed by atoms with Crippen molar-refractivity contribution in [3.8, 4) is 0 Å². The summed E-state index contributed by atoms with van der Waals surface area (Å²) in [7, 11) is -3.00. The van der Waals surface area contributed by atoms with Gasteiger partial charge in [0.1, 0.15) is 9.84 Å². The first-order chi connectivity index (χ1) is 9.09. The van der Waals surface area contributed by atoms with Crippen molar-refractivity contribution in [1.29, 1.82) is 0 Å². The largest absolute Gasteiger partial charge is 0.416 e. The van der Waals surface area contributed by atoms with Gasteiger partial charge in [0.25, 0.3) is 0 Å². The lowest BCUT2D eigenvalue weighted by Gasteiger charge is -2.16. The second-order valence-corrected chi connectivity index (χ2v) is 7.04. The highest BCUT2D eigenvalue weighted by Gasteiger charge is 2.30. The molecule has 1 aromatic carbocycles. The summed E-state index contributed by atoms with van der Waals surface area (Å²) in [6.45, 7) is 2.18. The summed E-state index contributed by atoms with van der Waals surface area (Å²) in [5.74, 6) is 0.0648. The minimum atomic E-state index is -4.36. The van der Waals surface area contributed by atoms with Crippen LogP contribution in [0.15, 0.2) is 24.3 Å². The molecule has 0 bridgehead atoms. The molecule has 0 spiro atoms. The number of nitrogens with one attached hydrogen (secondary N) is 1. The molecule has 1 atom stereocenters. The van der Waals surface area contributed by atoms with Crippen LogP contribution in [0.25, 0.3) is 0 Å². The maximum Gasteiger partial charge on any atom is 0.416 e. The summed E-state index contributed by atoms with van der Waals surface area (Å²) < 4.78 is 59.6. The van der Waals surface area contributed by atoms with Crippen molar-refractivity contribution in [1.82, 2.24) is 5.32 Å². The second kappa shape index (κ2) is 6.58. The third-order valence-corrected chi connectivity index (χ3v) is 3.89. The van der Waals surface area contributed by atoms with Gasteiger partial charge < -0.3 is 5.32 Å². The molecule has 114 valence electrons. The van der Waals surface area contributed by atoms with Crippen molar-refractivity contribution >= 4 is 9.84 Å². The third kappa shape index (κ3) is 5.92. The van der Waals surface area contributed by atoms with E-state index in [0.29, 0.717) is 18.5 Å². The molecule has 0 saturated heterocycles. The fourth-order valence-corrected chi connectivity index (χ4v) is 2.42. The summed E-state index contributed by atoms with van der Waals surface area (Å²) in [5.41, 5.74) is -0.154. The monoisotopic (exact) mass is 309 g/mol. The SMILES string of the molecule is CC(NCCCS(C)(=O)=O)c1cccc(C(F)(F)F)c1. The van der Waals surface area contributed by atoms with Gasteiger partial charge in [-0.25, -0.2) is 8.42 Å². The van der Waals surface area contributed by atoms with E-state index in [2.05, 4.69) is 5.32 Å². The summed E-state index contributed by atoms with van der Waals surface area (Å²) in [4.78, 5) is 0. The Balaban J connectivity index is 2.58. The summed E-state index contributed by atoms with van der Waals surface area (Å²) in [6.07, 6.45) is -2.77. The number of hydrogen-bond acceptors (Lipinski definition) is 3. The Morgan fingerprint density at radius 1 is 1.30 bits per heavy atom. The fraction of sp³-hybridized carbons (Fsp3) is 0.538. The van der Waals surface area contributed by atoms with Crippen molar-refractivity contribution in [2.75, 3.05) is 18.6 Å². The topological polar surface area (TPSA) is 46.2 Å². The van der Waals surface area contributed by atoms with Gasteiger partial charge in [-0.15, -0.1) is 0 Å². The number of rotatable bonds is 6. The molecule has 1 rings (SSSR count). The van der Waals surface area contributed by atoms with Crippen LogP contribution in [0, 0.1) is 0 Å². The van der Waals surface area contributed by atoms with Crippen LogP contribution in [0.5, 0.6) is 0 Å². The molecule has 0 aromatic heterocycles. The molecule has 0 saturated carbocycles. The van der Waals surface area contributed by atoms with E-state index in [1.807, 2.05) is 0 Å². The Morgan fingerprint density at radius 2 is 1.95 bits per heavy atom. The lowest BCUT2D eigenvalue weighted by molar-refractivity contribution is -0.137. The van der Waals surface area contributed by atoms with Gasteiger partial charge in [0.2, 0.25) is 0 Å². The Hall–Kier alpha value is -1.08. The third-order valence-electron chi connectivity index (χ3n) is 2.86. The molecule has 1 N–H and O–H groups in total. The lowest BCUT2D eigenvalue weighted by atomic mass is 10.0. The Labute approximate surface area is 117 Å². The van der Waals surface area contributed by atoms with Gasteiger partial charge in [-0.3, -0.25) is 0 Å². The number of halogens is 3. The van der Waals surface area contributed by atoms with Gasteiger partial charge >= 0.3 is 6.18 Å². The van der Waals surface area contributed by atoms with Crippen molar-refractivity contribution in [3.63, 3.8) is 0 Å². The molecule has 20 heavy (non-hydrogen) atoms. The Bertz CT molecular complexity index is 541. The van der Waals surface area contributed by atoms with E-state index in [9.17, 15) is 21.6 Å². The highest BCUT2D eigenvalue weighted by Crippen LogP contribution is 2.30. The van der Waals surface area contributed by atoms with Gasteiger partial charge in [0.15, 0.2) is 0 Å². The molecule has 0 heterocycles. The number of sulfone groups is 1. The first-order valence-corrected chi connectivity index (χ1v) is 8.24. The smallest absolute Gasteiger partial charge is 0.310 e. The van der Waals surface area contributed by atoms with E-state index in [0.717, 1.165) is 18.4 Å². The fourth-order valence-electron chi connectivity index (χ4n) is 1.76. The van der Waals surface area contributed by atoms with E-state index in [1.165, 1.54) is 6.07 Å². The van der Waals surface area contributed by atoms with E-state index >= 15 is 0 Å². The molecule has 0 radical (unpaired) electrons. The van der Waals surface area contributed by atoms with Crippen molar-refractivity contribution in [2.24, 2.45) is 0 Å². The van der Waals surface area contributed by atoms with Crippen LogP contribution in [-0.2, 0) is 16.0 Å². The zero-order chi connectivity index (χ0) is 15.4. The normalized spacial score (nSPS) is 14.2. The van der Waals surface area contributed by atoms with E-state index < -0.39 is 21.6 Å². The number of alkyl halides is 3. The van der Waals surface area contributed by atoms with Crippen LogP contribution in [0.3, 0.4) is 0 Å². The zero-order valence-electron chi connectivity index (χ0n) is 11.4. The molecular formula is C13H18F3NO2S. The summed E-state index contributed by atoms with van der Waals surface area (Å²) >= 11 is 0. The maximum atomic E-state index is 12.6. The van der Waals surface area contributed by atoms with Crippen LogP contribution in [0.4, 0.5) is 13.2 Å². The highest BCUT2D eigenvalue weighted by atomic mass is 32.2. The molecule has 1 unspecified atom stereocenters.